The second-order valence-electron chi connectivity index (χ2n) is 4.20. The van der Waals surface area contributed by atoms with E-state index in [4.69, 9.17) is 11.6 Å². The second kappa shape index (κ2) is 6.29. The second-order valence-corrected chi connectivity index (χ2v) is 7.09. The third-order valence-corrected chi connectivity index (χ3v) is 5.45. The van der Waals surface area contributed by atoms with Gasteiger partial charge in [0.2, 0.25) is 0 Å². The van der Waals surface area contributed by atoms with E-state index in [0.29, 0.717) is 6.04 Å². The lowest BCUT2D eigenvalue weighted by Crippen LogP contribution is -2.28. The molecule has 1 N–H and O–H groups in total. The van der Waals surface area contributed by atoms with Crippen LogP contribution in [0.25, 0.3) is 0 Å². The van der Waals surface area contributed by atoms with Gasteiger partial charge in [-0.2, -0.15) is 11.8 Å². The standard InChI is InChI=1S/C12H18ClNS2/c1-2-6-14-12(9-5-7-15-8-9)10-3-4-11(13)16-10/h3-4,9,12,14H,2,5-8H2,1H3. The Balaban J connectivity index is 2.06. The molecule has 1 aliphatic heterocycles. The van der Waals surface area contributed by atoms with Crippen molar-refractivity contribution in [3.8, 4) is 0 Å². The van der Waals surface area contributed by atoms with Gasteiger partial charge in [0.25, 0.3) is 0 Å². The molecule has 1 aliphatic rings. The topological polar surface area (TPSA) is 12.0 Å². The molecule has 2 rings (SSSR count). The van der Waals surface area contributed by atoms with Gasteiger partial charge in [-0.15, -0.1) is 11.3 Å². The third kappa shape index (κ3) is 3.16. The van der Waals surface area contributed by atoms with Crippen molar-refractivity contribution < 1.29 is 0 Å². The minimum Gasteiger partial charge on any atom is -0.309 e. The molecule has 1 aromatic heterocycles. The van der Waals surface area contributed by atoms with Crippen LogP contribution in [0, 0.1) is 5.92 Å². The summed E-state index contributed by atoms with van der Waals surface area (Å²) in [5, 5.41) is 3.68. The fourth-order valence-electron chi connectivity index (χ4n) is 2.11. The average Bonchev–Trinajstić information content (AvgIpc) is 2.91. The largest absolute Gasteiger partial charge is 0.309 e. The van der Waals surface area contributed by atoms with E-state index in [1.807, 2.05) is 6.07 Å². The molecule has 0 aliphatic carbocycles. The SMILES string of the molecule is CCCNC(c1ccc(Cl)s1)C1CCSC1. The normalized spacial score (nSPS) is 22.5. The summed E-state index contributed by atoms with van der Waals surface area (Å²) < 4.78 is 0.906. The Bertz CT molecular complexity index is 321. The molecule has 1 nitrogen and oxygen atoms in total. The Morgan fingerprint density at radius 1 is 1.56 bits per heavy atom. The summed E-state index contributed by atoms with van der Waals surface area (Å²) in [4.78, 5) is 1.41. The highest BCUT2D eigenvalue weighted by molar-refractivity contribution is 7.99. The van der Waals surface area contributed by atoms with E-state index in [2.05, 4.69) is 30.1 Å². The van der Waals surface area contributed by atoms with Gasteiger partial charge < -0.3 is 5.32 Å². The molecule has 1 aromatic rings. The molecule has 0 spiro atoms. The van der Waals surface area contributed by atoms with Crippen LogP contribution in [0.3, 0.4) is 0 Å². The molecule has 0 amide bonds. The van der Waals surface area contributed by atoms with Crippen molar-refractivity contribution in [2.45, 2.75) is 25.8 Å². The van der Waals surface area contributed by atoms with Gasteiger partial charge in [-0.05, 0) is 48.9 Å². The van der Waals surface area contributed by atoms with Gasteiger partial charge in [0.15, 0.2) is 0 Å². The van der Waals surface area contributed by atoms with E-state index in [0.717, 1.165) is 16.8 Å². The maximum Gasteiger partial charge on any atom is 0.0931 e. The van der Waals surface area contributed by atoms with Crippen LogP contribution in [0.5, 0.6) is 0 Å². The summed E-state index contributed by atoms with van der Waals surface area (Å²) in [6.07, 6.45) is 2.52. The Kier molecular flexibility index (Phi) is 5.01. The number of hydrogen-bond acceptors (Lipinski definition) is 3. The minimum absolute atomic E-state index is 0.521. The number of thiophene rings is 1. The molecule has 2 heterocycles. The highest BCUT2D eigenvalue weighted by atomic mass is 35.5. The molecule has 0 bridgehead atoms. The first-order valence-electron chi connectivity index (χ1n) is 5.87. The molecule has 0 saturated carbocycles. The van der Waals surface area contributed by atoms with Gasteiger partial charge in [0.1, 0.15) is 0 Å². The number of rotatable bonds is 5. The maximum atomic E-state index is 6.03. The molecule has 2 unspecified atom stereocenters. The molecule has 0 aromatic carbocycles. The molecule has 0 radical (unpaired) electrons. The highest BCUT2D eigenvalue weighted by Gasteiger charge is 2.27. The number of nitrogens with one attached hydrogen (secondary N) is 1. The molecular formula is C12H18ClNS2. The van der Waals surface area contributed by atoms with E-state index in [9.17, 15) is 0 Å². The molecule has 4 heteroatoms. The van der Waals surface area contributed by atoms with Crippen LogP contribution in [0.4, 0.5) is 0 Å². The Morgan fingerprint density at radius 2 is 2.44 bits per heavy atom. The van der Waals surface area contributed by atoms with Crippen molar-refractivity contribution in [3.05, 3.63) is 21.3 Å². The van der Waals surface area contributed by atoms with Gasteiger partial charge in [0, 0.05) is 10.9 Å². The summed E-state index contributed by atoms with van der Waals surface area (Å²) in [5.74, 6) is 3.39. The van der Waals surface area contributed by atoms with Crippen LogP contribution in [0.1, 0.15) is 30.7 Å². The zero-order chi connectivity index (χ0) is 11.4. The van der Waals surface area contributed by atoms with Crippen LogP contribution >= 0.6 is 34.7 Å². The lowest BCUT2D eigenvalue weighted by Gasteiger charge is -2.23. The lowest BCUT2D eigenvalue weighted by atomic mass is 9.97. The first-order chi connectivity index (χ1) is 7.81. The molecule has 1 saturated heterocycles. The molecular weight excluding hydrogens is 258 g/mol. The molecule has 16 heavy (non-hydrogen) atoms. The molecule has 2 atom stereocenters. The van der Waals surface area contributed by atoms with E-state index >= 15 is 0 Å². The van der Waals surface area contributed by atoms with Crippen molar-refractivity contribution in [2.75, 3.05) is 18.1 Å². The summed E-state index contributed by atoms with van der Waals surface area (Å²) in [7, 11) is 0. The number of thioether (sulfide) groups is 1. The fraction of sp³-hybridized carbons (Fsp3) is 0.667. The van der Waals surface area contributed by atoms with Crippen LogP contribution < -0.4 is 5.32 Å². The van der Waals surface area contributed by atoms with E-state index in [1.165, 1.54) is 29.2 Å². The van der Waals surface area contributed by atoms with Crippen LogP contribution in [0.2, 0.25) is 4.34 Å². The van der Waals surface area contributed by atoms with Crippen LogP contribution in [-0.4, -0.2) is 18.1 Å². The average molecular weight is 276 g/mol. The number of halogens is 1. The quantitative estimate of drug-likeness (QED) is 0.865. The Morgan fingerprint density at radius 3 is 3.00 bits per heavy atom. The zero-order valence-electron chi connectivity index (χ0n) is 9.54. The summed E-state index contributed by atoms with van der Waals surface area (Å²) in [5.41, 5.74) is 0. The summed E-state index contributed by atoms with van der Waals surface area (Å²) >= 11 is 9.83. The predicted octanol–water partition coefficient (Wildman–Crippen LogP) is 4.20. The Hall–Kier alpha value is 0.300. The molecule has 90 valence electrons. The van der Waals surface area contributed by atoms with Crippen molar-refractivity contribution in [3.63, 3.8) is 0 Å². The van der Waals surface area contributed by atoms with Crippen molar-refractivity contribution in [2.24, 2.45) is 5.92 Å². The molecule has 1 fully saturated rings. The lowest BCUT2D eigenvalue weighted by molar-refractivity contribution is 0.399. The van der Waals surface area contributed by atoms with Gasteiger partial charge in [-0.1, -0.05) is 18.5 Å². The third-order valence-electron chi connectivity index (χ3n) is 2.95. The first kappa shape index (κ1) is 12.7. The zero-order valence-corrected chi connectivity index (χ0v) is 11.9. The van der Waals surface area contributed by atoms with E-state index in [-0.39, 0.29) is 0 Å². The summed E-state index contributed by atoms with van der Waals surface area (Å²) in [6.45, 7) is 3.32. The van der Waals surface area contributed by atoms with Gasteiger partial charge in [-0.25, -0.2) is 0 Å². The van der Waals surface area contributed by atoms with E-state index in [1.54, 1.807) is 11.3 Å². The van der Waals surface area contributed by atoms with Gasteiger partial charge in [-0.3, -0.25) is 0 Å². The van der Waals surface area contributed by atoms with Crippen molar-refractivity contribution in [1.82, 2.24) is 5.32 Å². The van der Waals surface area contributed by atoms with E-state index < -0.39 is 0 Å². The van der Waals surface area contributed by atoms with Crippen LogP contribution in [-0.2, 0) is 0 Å². The minimum atomic E-state index is 0.521. The number of hydrogen-bond donors (Lipinski definition) is 1. The Labute approximate surface area is 111 Å². The predicted molar refractivity (Wildman–Crippen MR) is 75.8 cm³/mol. The maximum absolute atomic E-state index is 6.03. The van der Waals surface area contributed by atoms with Gasteiger partial charge in [0.05, 0.1) is 4.34 Å². The smallest absolute Gasteiger partial charge is 0.0931 e. The van der Waals surface area contributed by atoms with Gasteiger partial charge >= 0.3 is 0 Å². The van der Waals surface area contributed by atoms with Crippen LogP contribution in [0.15, 0.2) is 12.1 Å². The summed E-state index contributed by atoms with van der Waals surface area (Å²) in [6, 6.07) is 4.72. The van der Waals surface area contributed by atoms with Crippen molar-refractivity contribution >= 4 is 34.7 Å². The monoisotopic (exact) mass is 275 g/mol. The fourth-order valence-corrected chi connectivity index (χ4v) is 4.64. The van der Waals surface area contributed by atoms with Crippen molar-refractivity contribution in [1.29, 1.82) is 0 Å². The first-order valence-corrected chi connectivity index (χ1v) is 8.22. The highest BCUT2D eigenvalue weighted by Crippen LogP contribution is 2.37.